The van der Waals surface area contributed by atoms with Crippen molar-refractivity contribution in [2.24, 2.45) is 16.8 Å². The van der Waals surface area contributed by atoms with Crippen LogP contribution in [0.4, 0.5) is 4.79 Å². The maximum atomic E-state index is 12.3. The second-order valence-corrected chi connectivity index (χ2v) is 9.07. The van der Waals surface area contributed by atoms with Crippen LogP contribution in [0.3, 0.4) is 0 Å². The number of carbonyl (C=O) groups is 1. The van der Waals surface area contributed by atoms with Crippen molar-refractivity contribution in [3.63, 3.8) is 0 Å². The number of carbonyl (C=O) groups excluding carboxylic acids is 1. The number of piperidine rings is 1. The Labute approximate surface area is 194 Å². The van der Waals surface area contributed by atoms with Gasteiger partial charge in [0.15, 0.2) is 5.96 Å². The Kier molecular flexibility index (Phi) is 11.6. The van der Waals surface area contributed by atoms with E-state index in [1.165, 1.54) is 12.8 Å². The molecular formula is C21H41IN4O3. The van der Waals surface area contributed by atoms with Gasteiger partial charge in [0.1, 0.15) is 5.60 Å². The molecule has 1 saturated heterocycles. The number of likely N-dealkylation sites (N-methyl/N-ethyl adjacent to an activating group) is 1. The van der Waals surface area contributed by atoms with Gasteiger partial charge in [0.2, 0.25) is 0 Å². The molecule has 0 aromatic carbocycles. The van der Waals surface area contributed by atoms with Crippen molar-refractivity contribution >= 4 is 36.0 Å². The van der Waals surface area contributed by atoms with E-state index in [1.54, 1.807) is 0 Å². The van der Waals surface area contributed by atoms with E-state index in [0.29, 0.717) is 12.5 Å². The van der Waals surface area contributed by atoms with Crippen LogP contribution in [0.15, 0.2) is 4.99 Å². The maximum Gasteiger partial charge on any atom is 0.410 e. The Morgan fingerprint density at radius 3 is 2.59 bits per heavy atom. The summed E-state index contributed by atoms with van der Waals surface area (Å²) in [6, 6.07) is 0. The predicted octanol–water partition coefficient (Wildman–Crippen LogP) is 3.58. The Balaban J connectivity index is 0.00000420. The number of halogens is 1. The number of hydrogen-bond donors (Lipinski definition) is 1. The van der Waals surface area contributed by atoms with Crippen molar-refractivity contribution in [1.29, 1.82) is 0 Å². The number of guanidine groups is 1. The Morgan fingerprint density at radius 1 is 1.24 bits per heavy atom. The minimum Gasteiger partial charge on any atom is -0.444 e. The van der Waals surface area contributed by atoms with E-state index in [4.69, 9.17) is 14.5 Å². The van der Waals surface area contributed by atoms with Crippen LogP contribution in [0.2, 0.25) is 0 Å². The summed E-state index contributed by atoms with van der Waals surface area (Å²) < 4.78 is 11.3. The lowest BCUT2D eigenvalue weighted by Gasteiger charge is -2.33. The molecule has 1 aliphatic heterocycles. The first-order chi connectivity index (χ1) is 13.3. The van der Waals surface area contributed by atoms with Gasteiger partial charge in [-0.2, -0.15) is 0 Å². The summed E-state index contributed by atoms with van der Waals surface area (Å²) in [5.74, 6) is 2.08. The van der Waals surface area contributed by atoms with Crippen molar-refractivity contribution in [2.45, 2.75) is 59.0 Å². The average Bonchev–Trinajstić information content (AvgIpc) is 3.45. The Bertz CT molecular complexity index is 521. The number of amides is 1. The summed E-state index contributed by atoms with van der Waals surface area (Å²) in [7, 11) is 2.05. The Morgan fingerprint density at radius 2 is 1.97 bits per heavy atom. The van der Waals surface area contributed by atoms with Crippen LogP contribution in [0.25, 0.3) is 0 Å². The molecule has 1 unspecified atom stereocenters. The van der Waals surface area contributed by atoms with Crippen LogP contribution < -0.4 is 5.32 Å². The normalized spacial score (nSPS) is 20.1. The van der Waals surface area contributed by atoms with Crippen LogP contribution in [-0.4, -0.2) is 80.4 Å². The number of likely N-dealkylation sites (tertiary alicyclic amines) is 1. The smallest absolute Gasteiger partial charge is 0.410 e. The van der Waals surface area contributed by atoms with Crippen LogP contribution in [0.1, 0.15) is 53.4 Å². The molecule has 7 nitrogen and oxygen atoms in total. The molecule has 1 heterocycles. The van der Waals surface area contributed by atoms with Gasteiger partial charge in [0.05, 0.1) is 6.61 Å². The molecule has 0 aromatic heterocycles. The highest BCUT2D eigenvalue weighted by atomic mass is 127. The van der Waals surface area contributed by atoms with Crippen molar-refractivity contribution < 1.29 is 14.3 Å². The molecule has 2 aliphatic rings. The Hall–Kier alpha value is -0.770. The molecule has 1 amide bonds. The topological polar surface area (TPSA) is 66.4 Å². The van der Waals surface area contributed by atoms with E-state index >= 15 is 0 Å². The molecule has 0 radical (unpaired) electrons. The van der Waals surface area contributed by atoms with Gasteiger partial charge in [0.25, 0.3) is 0 Å². The molecule has 1 N–H and O–H groups in total. The summed E-state index contributed by atoms with van der Waals surface area (Å²) in [5.41, 5.74) is -0.454. The van der Waals surface area contributed by atoms with Gasteiger partial charge in [0, 0.05) is 46.4 Å². The lowest BCUT2D eigenvalue weighted by atomic mass is 9.98. The lowest BCUT2D eigenvalue weighted by Crippen LogP contribution is -2.44. The molecule has 29 heavy (non-hydrogen) atoms. The number of nitrogens with one attached hydrogen (secondary N) is 1. The first kappa shape index (κ1) is 26.3. The fraction of sp³-hybridized carbons (Fsp3) is 0.905. The SMILES string of the molecule is CCNC(=NCC1CCCN(C(=O)OC(C)(C)C)C1)N(C)CCOCC1CC1.I. The van der Waals surface area contributed by atoms with Crippen molar-refractivity contribution in [3.8, 4) is 0 Å². The summed E-state index contributed by atoms with van der Waals surface area (Å²) in [4.78, 5) is 21.1. The third kappa shape index (κ3) is 10.7. The standard InChI is InChI=1S/C21H40N4O3.HI/c1-6-22-19(24(5)12-13-27-16-17-9-10-17)23-14-18-8-7-11-25(15-18)20(26)28-21(2,3)4;/h17-18H,6-16H2,1-5H3,(H,22,23);1H. The van der Waals surface area contributed by atoms with Gasteiger partial charge in [-0.1, -0.05) is 0 Å². The zero-order valence-electron chi connectivity index (χ0n) is 18.9. The van der Waals surface area contributed by atoms with Gasteiger partial charge in [-0.15, -0.1) is 24.0 Å². The highest BCUT2D eigenvalue weighted by molar-refractivity contribution is 14.0. The second-order valence-electron chi connectivity index (χ2n) is 9.07. The van der Waals surface area contributed by atoms with Gasteiger partial charge >= 0.3 is 6.09 Å². The average molecular weight is 524 g/mol. The first-order valence-corrected chi connectivity index (χ1v) is 10.8. The van der Waals surface area contributed by atoms with Crippen LogP contribution in [0.5, 0.6) is 0 Å². The second kappa shape index (κ2) is 12.8. The predicted molar refractivity (Wildman–Crippen MR) is 128 cm³/mol. The summed E-state index contributed by atoms with van der Waals surface area (Å²) in [6.45, 7) is 13.3. The van der Waals surface area contributed by atoms with Gasteiger partial charge in [-0.05, 0) is 65.2 Å². The molecule has 0 aromatic rings. The molecule has 0 bridgehead atoms. The minimum atomic E-state index is -0.454. The zero-order valence-corrected chi connectivity index (χ0v) is 21.2. The maximum absolute atomic E-state index is 12.3. The molecule has 1 atom stereocenters. The molecular weight excluding hydrogens is 483 g/mol. The van der Waals surface area contributed by atoms with Crippen molar-refractivity contribution in [1.82, 2.24) is 15.1 Å². The summed E-state index contributed by atoms with van der Waals surface area (Å²) in [5, 5.41) is 3.36. The number of nitrogens with zero attached hydrogens (tertiary/aromatic N) is 3. The van der Waals surface area contributed by atoms with E-state index in [-0.39, 0.29) is 30.1 Å². The minimum absolute atomic E-state index is 0. The van der Waals surface area contributed by atoms with Crippen LogP contribution in [-0.2, 0) is 9.47 Å². The summed E-state index contributed by atoms with van der Waals surface area (Å²) >= 11 is 0. The highest BCUT2D eigenvalue weighted by Gasteiger charge is 2.27. The fourth-order valence-corrected chi connectivity index (χ4v) is 3.23. The highest BCUT2D eigenvalue weighted by Crippen LogP contribution is 2.28. The van der Waals surface area contributed by atoms with E-state index in [2.05, 4.69) is 24.2 Å². The number of rotatable bonds is 8. The zero-order chi connectivity index (χ0) is 20.6. The quantitative estimate of drug-likeness (QED) is 0.228. The first-order valence-electron chi connectivity index (χ1n) is 10.8. The van der Waals surface area contributed by atoms with Crippen LogP contribution >= 0.6 is 24.0 Å². The van der Waals surface area contributed by atoms with Gasteiger partial charge in [-0.25, -0.2) is 4.79 Å². The van der Waals surface area contributed by atoms with E-state index in [0.717, 1.165) is 64.1 Å². The number of hydrogen-bond acceptors (Lipinski definition) is 4. The van der Waals surface area contributed by atoms with Gasteiger partial charge < -0.3 is 24.6 Å². The van der Waals surface area contributed by atoms with Crippen molar-refractivity contribution in [3.05, 3.63) is 0 Å². The molecule has 2 fully saturated rings. The molecule has 170 valence electrons. The third-order valence-corrected chi connectivity index (χ3v) is 4.99. The van der Waals surface area contributed by atoms with Gasteiger partial charge in [-0.3, -0.25) is 4.99 Å². The third-order valence-electron chi connectivity index (χ3n) is 4.99. The van der Waals surface area contributed by atoms with Crippen LogP contribution in [0, 0.1) is 11.8 Å². The molecule has 1 aliphatic carbocycles. The summed E-state index contributed by atoms with van der Waals surface area (Å²) in [6.07, 6.45) is 4.53. The molecule has 2 rings (SSSR count). The number of aliphatic imine (C=N–C) groups is 1. The largest absolute Gasteiger partial charge is 0.444 e. The fourth-order valence-electron chi connectivity index (χ4n) is 3.23. The molecule has 8 heteroatoms. The monoisotopic (exact) mass is 524 g/mol. The molecule has 0 spiro atoms. The lowest BCUT2D eigenvalue weighted by molar-refractivity contribution is 0.0170. The van der Waals surface area contributed by atoms with E-state index < -0.39 is 5.60 Å². The van der Waals surface area contributed by atoms with Crippen molar-refractivity contribution in [2.75, 3.05) is 53.0 Å². The van der Waals surface area contributed by atoms with E-state index in [9.17, 15) is 4.79 Å². The van der Waals surface area contributed by atoms with E-state index in [1.807, 2.05) is 25.7 Å². The number of ether oxygens (including phenoxy) is 2. The molecule has 1 saturated carbocycles.